The van der Waals surface area contributed by atoms with Crippen LogP contribution in [0.15, 0.2) is 37.6 Å². The molecular formula is C13H6Br2Cl2N2O. The molecule has 0 aliphatic rings. The molecule has 0 spiro atoms. The first kappa shape index (κ1) is 14.2. The maximum atomic E-state index is 6.16. The first-order valence-electron chi connectivity index (χ1n) is 5.47. The number of halogens is 4. The van der Waals surface area contributed by atoms with E-state index in [1.165, 1.54) is 0 Å². The second kappa shape index (κ2) is 5.22. The van der Waals surface area contributed by atoms with Crippen LogP contribution in [-0.2, 0) is 0 Å². The van der Waals surface area contributed by atoms with Crippen molar-refractivity contribution >= 4 is 71.8 Å². The molecule has 20 heavy (non-hydrogen) atoms. The van der Waals surface area contributed by atoms with Crippen molar-refractivity contribution < 1.29 is 4.42 Å². The van der Waals surface area contributed by atoms with E-state index in [2.05, 4.69) is 36.8 Å². The Balaban J connectivity index is 2.26. The number of nitrogens with two attached hydrogens (primary N) is 1. The summed E-state index contributed by atoms with van der Waals surface area (Å²) in [6, 6.07) is 6.94. The first-order valence-corrected chi connectivity index (χ1v) is 7.81. The van der Waals surface area contributed by atoms with E-state index in [9.17, 15) is 0 Å². The molecule has 0 unspecified atom stereocenters. The number of hydrogen-bond donors (Lipinski definition) is 1. The largest absolute Gasteiger partial charge is 0.435 e. The van der Waals surface area contributed by atoms with Gasteiger partial charge >= 0.3 is 0 Å². The molecule has 3 nitrogen and oxygen atoms in total. The summed E-state index contributed by atoms with van der Waals surface area (Å²) in [6.45, 7) is 0. The van der Waals surface area contributed by atoms with Crippen LogP contribution in [-0.4, -0.2) is 4.98 Å². The van der Waals surface area contributed by atoms with Crippen LogP contribution in [0, 0.1) is 0 Å². The standard InChI is InChI=1S/C13H6Br2Cl2N2O/c14-7-4-9-12(10(15)11(7)18)20-13(19-9)6-2-1-5(16)3-8(6)17/h1-4H,18H2. The zero-order valence-electron chi connectivity index (χ0n) is 9.75. The van der Waals surface area contributed by atoms with Crippen molar-refractivity contribution in [3.63, 3.8) is 0 Å². The Labute approximate surface area is 141 Å². The van der Waals surface area contributed by atoms with Crippen LogP contribution < -0.4 is 5.73 Å². The van der Waals surface area contributed by atoms with E-state index in [0.29, 0.717) is 42.8 Å². The summed E-state index contributed by atoms with van der Waals surface area (Å²) in [5.74, 6) is 0.417. The summed E-state index contributed by atoms with van der Waals surface area (Å²) in [6.07, 6.45) is 0. The molecule has 0 amide bonds. The molecule has 3 aromatic rings. The van der Waals surface area contributed by atoms with Crippen molar-refractivity contribution in [3.8, 4) is 11.5 Å². The molecule has 0 aliphatic heterocycles. The van der Waals surface area contributed by atoms with Crippen LogP contribution in [0.4, 0.5) is 5.69 Å². The Morgan fingerprint density at radius 2 is 1.90 bits per heavy atom. The number of rotatable bonds is 1. The number of aromatic nitrogens is 1. The number of hydrogen-bond acceptors (Lipinski definition) is 3. The SMILES string of the molecule is Nc1c(Br)cc2nc(-c3ccc(Cl)cc3Cl)oc2c1Br. The van der Waals surface area contributed by atoms with E-state index in [-0.39, 0.29) is 0 Å². The van der Waals surface area contributed by atoms with Crippen LogP contribution in [0.3, 0.4) is 0 Å². The molecule has 2 N–H and O–H groups in total. The highest BCUT2D eigenvalue weighted by Crippen LogP contribution is 2.39. The molecule has 0 saturated carbocycles. The highest BCUT2D eigenvalue weighted by molar-refractivity contribution is 9.11. The van der Waals surface area contributed by atoms with Gasteiger partial charge in [-0.25, -0.2) is 4.98 Å². The van der Waals surface area contributed by atoms with Crippen molar-refractivity contribution in [2.45, 2.75) is 0 Å². The summed E-state index contributed by atoms with van der Waals surface area (Å²) in [4.78, 5) is 4.43. The molecular weight excluding hydrogens is 431 g/mol. The van der Waals surface area contributed by atoms with Gasteiger partial charge in [0.15, 0.2) is 5.58 Å². The topological polar surface area (TPSA) is 52.0 Å². The lowest BCUT2D eigenvalue weighted by Gasteiger charge is -2.00. The smallest absolute Gasteiger partial charge is 0.228 e. The number of anilines is 1. The zero-order valence-corrected chi connectivity index (χ0v) is 14.4. The highest BCUT2D eigenvalue weighted by atomic mass is 79.9. The molecule has 0 fully saturated rings. The fourth-order valence-electron chi connectivity index (χ4n) is 1.79. The van der Waals surface area contributed by atoms with Gasteiger partial charge in [0, 0.05) is 9.50 Å². The lowest BCUT2D eigenvalue weighted by Crippen LogP contribution is -1.88. The summed E-state index contributed by atoms with van der Waals surface area (Å²) in [5.41, 5.74) is 8.41. The van der Waals surface area contributed by atoms with Gasteiger partial charge < -0.3 is 10.2 Å². The van der Waals surface area contributed by atoms with Gasteiger partial charge in [0.25, 0.3) is 0 Å². The molecule has 3 rings (SSSR count). The minimum atomic E-state index is 0.417. The zero-order chi connectivity index (χ0) is 14.4. The monoisotopic (exact) mass is 434 g/mol. The average Bonchev–Trinajstić information content (AvgIpc) is 2.80. The van der Waals surface area contributed by atoms with Crippen LogP contribution in [0.5, 0.6) is 0 Å². The normalized spacial score (nSPS) is 11.2. The van der Waals surface area contributed by atoms with E-state index < -0.39 is 0 Å². The molecule has 2 aromatic carbocycles. The van der Waals surface area contributed by atoms with E-state index >= 15 is 0 Å². The second-order valence-corrected chi connectivity index (χ2v) is 6.57. The molecule has 1 aromatic heterocycles. The summed E-state index contributed by atoms with van der Waals surface area (Å²) >= 11 is 18.8. The Morgan fingerprint density at radius 3 is 2.60 bits per heavy atom. The lowest BCUT2D eigenvalue weighted by atomic mass is 10.2. The van der Waals surface area contributed by atoms with Crippen molar-refractivity contribution in [3.05, 3.63) is 43.3 Å². The van der Waals surface area contributed by atoms with E-state index in [4.69, 9.17) is 33.4 Å². The number of nitrogen functional groups attached to an aromatic ring is 1. The number of benzene rings is 2. The maximum absolute atomic E-state index is 6.16. The minimum Gasteiger partial charge on any atom is -0.435 e. The maximum Gasteiger partial charge on any atom is 0.228 e. The number of oxazole rings is 1. The molecule has 0 bridgehead atoms. The molecule has 102 valence electrons. The fraction of sp³-hybridized carbons (Fsp3) is 0. The van der Waals surface area contributed by atoms with Crippen molar-refractivity contribution in [2.75, 3.05) is 5.73 Å². The molecule has 0 aliphatic carbocycles. The summed E-state index contributed by atoms with van der Waals surface area (Å²) in [7, 11) is 0. The predicted molar refractivity (Wildman–Crippen MR) is 89.3 cm³/mol. The molecule has 7 heteroatoms. The summed E-state index contributed by atoms with van der Waals surface area (Å²) < 4.78 is 7.16. The Morgan fingerprint density at radius 1 is 1.15 bits per heavy atom. The van der Waals surface area contributed by atoms with Crippen LogP contribution in [0.25, 0.3) is 22.6 Å². The minimum absolute atomic E-state index is 0.417. The van der Waals surface area contributed by atoms with Crippen molar-refractivity contribution in [2.24, 2.45) is 0 Å². The molecule has 0 saturated heterocycles. The lowest BCUT2D eigenvalue weighted by molar-refractivity contribution is 0.618. The van der Waals surface area contributed by atoms with Gasteiger partial charge in [-0.2, -0.15) is 0 Å². The third kappa shape index (κ3) is 2.33. The Bertz CT molecular complexity index is 833. The van der Waals surface area contributed by atoms with Gasteiger partial charge in [-0.15, -0.1) is 0 Å². The third-order valence-electron chi connectivity index (χ3n) is 2.77. The van der Waals surface area contributed by atoms with Crippen LogP contribution in [0.2, 0.25) is 10.0 Å². The molecule has 0 radical (unpaired) electrons. The second-order valence-electron chi connectivity index (χ2n) is 4.08. The predicted octanol–water partition coefficient (Wildman–Crippen LogP) is 5.91. The van der Waals surface area contributed by atoms with Gasteiger partial charge in [-0.05, 0) is 56.1 Å². The highest BCUT2D eigenvalue weighted by Gasteiger charge is 2.16. The number of fused-ring (bicyclic) bond motifs is 1. The average molecular weight is 437 g/mol. The molecule has 1 heterocycles. The quantitative estimate of drug-likeness (QED) is 0.482. The molecule has 0 atom stereocenters. The Kier molecular flexibility index (Phi) is 3.71. The van der Waals surface area contributed by atoms with Crippen molar-refractivity contribution in [1.29, 1.82) is 0 Å². The van der Waals surface area contributed by atoms with E-state index in [1.54, 1.807) is 24.3 Å². The van der Waals surface area contributed by atoms with Gasteiger partial charge in [-0.1, -0.05) is 23.2 Å². The first-order chi connectivity index (χ1) is 9.47. The van der Waals surface area contributed by atoms with Crippen LogP contribution in [0.1, 0.15) is 0 Å². The van der Waals surface area contributed by atoms with E-state index in [1.807, 2.05) is 0 Å². The fourth-order valence-corrected chi connectivity index (χ4v) is 3.46. The third-order valence-corrected chi connectivity index (χ3v) is 4.76. The van der Waals surface area contributed by atoms with Crippen LogP contribution >= 0.6 is 55.1 Å². The van der Waals surface area contributed by atoms with Crippen molar-refractivity contribution in [1.82, 2.24) is 4.98 Å². The van der Waals surface area contributed by atoms with Gasteiger partial charge in [0.2, 0.25) is 5.89 Å². The van der Waals surface area contributed by atoms with Gasteiger partial charge in [0.05, 0.1) is 20.7 Å². The van der Waals surface area contributed by atoms with E-state index in [0.717, 1.165) is 4.47 Å². The van der Waals surface area contributed by atoms with Gasteiger partial charge in [0.1, 0.15) is 5.52 Å². The Hall–Kier alpha value is -0.750. The summed E-state index contributed by atoms with van der Waals surface area (Å²) in [5, 5.41) is 1.04. The van der Waals surface area contributed by atoms with Gasteiger partial charge in [-0.3, -0.25) is 0 Å². The number of nitrogens with zero attached hydrogens (tertiary/aromatic N) is 1.